The van der Waals surface area contributed by atoms with Gasteiger partial charge in [-0.2, -0.15) is 4.73 Å². The van der Waals surface area contributed by atoms with Crippen LogP contribution in [-0.4, -0.2) is 30.5 Å². The van der Waals surface area contributed by atoms with Crippen molar-refractivity contribution >= 4 is 23.3 Å². The molecule has 0 saturated heterocycles. The third kappa shape index (κ3) is 4.64. The number of amides is 1. The molecule has 0 unspecified atom stereocenters. The molecule has 1 amide bonds. The Kier molecular flexibility index (Phi) is 5.46. The van der Waals surface area contributed by atoms with Crippen LogP contribution in [0.15, 0.2) is 42.7 Å². The van der Waals surface area contributed by atoms with Gasteiger partial charge in [0, 0.05) is 18.2 Å². The fourth-order valence-electron chi connectivity index (χ4n) is 1.85. The summed E-state index contributed by atoms with van der Waals surface area (Å²) in [7, 11) is 1.30. The lowest BCUT2D eigenvalue weighted by Crippen LogP contribution is -2.25. The van der Waals surface area contributed by atoms with E-state index in [9.17, 15) is 24.9 Å². The highest BCUT2D eigenvalue weighted by atomic mass is 16.6. The standard InChI is InChI=1S/C15H13N3O7/c1-24-13-8-11(18(22)23)2-3-12(13)16-14(19)9-25-15(20)10-4-6-17(21)7-5-10/h2-8H,9H2,1H3,(H,16,19). The minimum absolute atomic E-state index is 0.0944. The fourth-order valence-corrected chi connectivity index (χ4v) is 1.85. The fraction of sp³-hybridized carbons (Fsp3) is 0.133. The molecular weight excluding hydrogens is 334 g/mol. The van der Waals surface area contributed by atoms with E-state index in [0.717, 1.165) is 18.5 Å². The minimum Gasteiger partial charge on any atom is -0.619 e. The van der Waals surface area contributed by atoms with Crippen molar-refractivity contribution in [3.63, 3.8) is 0 Å². The second-order valence-corrected chi connectivity index (χ2v) is 4.71. The number of carbonyl (C=O) groups excluding carboxylic acids is 2. The third-order valence-corrected chi connectivity index (χ3v) is 3.04. The molecule has 25 heavy (non-hydrogen) atoms. The summed E-state index contributed by atoms with van der Waals surface area (Å²) < 4.78 is 10.3. The van der Waals surface area contributed by atoms with Crippen molar-refractivity contribution in [2.24, 2.45) is 0 Å². The zero-order chi connectivity index (χ0) is 18.4. The van der Waals surface area contributed by atoms with Gasteiger partial charge in [-0.1, -0.05) is 0 Å². The van der Waals surface area contributed by atoms with Crippen LogP contribution in [0.5, 0.6) is 5.75 Å². The van der Waals surface area contributed by atoms with E-state index in [1.54, 1.807) is 0 Å². The first kappa shape index (κ1) is 17.7. The number of non-ortho nitro benzene ring substituents is 1. The molecule has 0 aliphatic rings. The SMILES string of the molecule is COc1cc([N+](=O)[O-])ccc1NC(=O)COC(=O)c1cc[n+]([O-])cc1. The van der Waals surface area contributed by atoms with Crippen molar-refractivity contribution < 1.29 is 28.7 Å². The minimum atomic E-state index is -0.772. The second-order valence-electron chi connectivity index (χ2n) is 4.71. The van der Waals surface area contributed by atoms with Gasteiger partial charge in [-0.25, -0.2) is 4.79 Å². The number of ether oxygens (including phenoxy) is 2. The van der Waals surface area contributed by atoms with E-state index in [2.05, 4.69) is 5.32 Å². The molecule has 10 heteroatoms. The monoisotopic (exact) mass is 347 g/mol. The summed E-state index contributed by atoms with van der Waals surface area (Å²) in [5.41, 5.74) is 0.120. The number of anilines is 1. The van der Waals surface area contributed by atoms with Crippen molar-refractivity contribution in [3.8, 4) is 5.75 Å². The Morgan fingerprint density at radius 2 is 1.92 bits per heavy atom. The molecule has 0 saturated carbocycles. The largest absolute Gasteiger partial charge is 0.619 e. The molecule has 0 fully saturated rings. The summed E-state index contributed by atoms with van der Waals surface area (Å²) in [6.07, 6.45) is 2.25. The normalized spacial score (nSPS) is 9.96. The number of carbonyl (C=O) groups is 2. The predicted molar refractivity (Wildman–Crippen MR) is 84.0 cm³/mol. The van der Waals surface area contributed by atoms with E-state index in [1.807, 2.05) is 0 Å². The molecule has 0 bridgehead atoms. The molecule has 0 atom stereocenters. The van der Waals surface area contributed by atoms with Crippen LogP contribution >= 0.6 is 0 Å². The van der Waals surface area contributed by atoms with Crippen LogP contribution in [0.3, 0.4) is 0 Å². The zero-order valence-electron chi connectivity index (χ0n) is 13.0. The molecule has 0 spiro atoms. The molecule has 0 radical (unpaired) electrons. The molecule has 0 aliphatic heterocycles. The number of rotatable bonds is 6. The molecule has 1 aromatic carbocycles. The van der Waals surface area contributed by atoms with Gasteiger partial charge in [0.05, 0.1) is 29.4 Å². The van der Waals surface area contributed by atoms with E-state index in [-0.39, 0.29) is 22.7 Å². The first-order chi connectivity index (χ1) is 11.9. The van der Waals surface area contributed by atoms with Gasteiger partial charge in [-0.3, -0.25) is 14.9 Å². The van der Waals surface area contributed by atoms with Crippen LogP contribution in [0.25, 0.3) is 0 Å². The Labute approximate surface area is 141 Å². The van der Waals surface area contributed by atoms with E-state index < -0.39 is 23.4 Å². The molecule has 130 valence electrons. The van der Waals surface area contributed by atoms with E-state index in [1.165, 1.54) is 31.4 Å². The van der Waals surface area contributed by atoms with Crippen molar-refractivity contribution in [3.05, 3.63) is 63.6 Å². The van der Waals surface area contributed by atoms with Gasteiger partial charge in [0.25, 0.3) is 11.6 Å². The number of aromatic nitrogens is 1. The van der Waals surface area contributed by atoms with Crippen LogP contribution in [0, 0.1) is 15.3 Å². The lowest BCUT2D eigenvalue weighted by Gasteiger charge is -2.10. The number of pyridine rings is 1. The first-order valence-corrected chi connectivity index (χ1v) is 6.89. The van der Waals surface area contributed by atoms with Crippen LogP contribution in [0.2, 0.25) is 0 Å². The van der Waals surface area contributed by atoms with Gasteiger partial charge in [0.15, 0.2) is 19.0 Å². The number of methoxy groups -OCH3 is 1. The molecule has 2 rings (SSSR count). The lowest BCUT2D eigenvalue weighted by molar-refractivity contribution is -0.605. The average molecular weight is 347 g/mol. The number of nitrogens with one attached hydrogen (secondary N) is 1. The quantitative estimate of drug-likeness (QED) is 0.271. The van der Waals surface area contributed by atoms with Crippen LogP contribution < -0.4 is 14.8 Å². The molecule has 0 aliphatic carbocycles. The highest BCUT2D eigenvalue weighted by molar-refractivity contribution is 5.96. The number of hydrogen-bond acceptors (Lipinski definition) is 7. The summed E-state index contributed by atoms with van der Waals surface area (Å²) in [6, 6.07) is 6.18. The van der Waals surface area contributed by atoms with Crippen molar-refractivity contribution in [1.29, 1.82) is 0 Å². The summed E-state index contributed by atoms with van der Waals surface area (Å²) in [5.74, 6) is -1.33. The third-order valence-electron chi connectivity index (χ3n) is 3.04. The summed E-state index contributed by atoms with van der Waals surface area (Å²) in [5, 5.41) is 24.0. The first-order valence-electron chi connectivity index (χ1n) is 6.89. The predicted octanol–water partition coefficient (Wildman–Crippen LogP) is 1.03. The van der Waals surface area contributed by atoms with Gasteiger partial charge >= 0.3 is 5.97 Å². The Morgan fingerprint density at radius 1 is 1.24 bits per heavy atom. The smallest absolute Gasteiger partial charge is 0.339 e. The second kappa shape index (κ2) is 7.73. The van der Waals surface area contributed by atoms with Gasteiger partial charge in [-0.05, 0) is 6.07 Å². The van der Waals surface area contributed by atoms with E-state index in [4.69, 9.17) is 9.47 Å². The maximum atomic E-state index is 11.9. The van der Waals surface area contributed by atoms with E-state index in [0.29, 0.717) is 4.73 Å². The Morgan fingerprint density at radius 3 is 2.52 bits per heavy atom. The molecular formula is C15H13N3O7. The number of esters is 1. The summed E-state index contributed by atoms with van der Waals surface area (Å²) in [4.78, 5) is 33.7. The number of nitrogens with zero attached hydrogens (tertiary/aromatic N) is 2. The average Bonchev–Trinajstić information content (AvgIpc) is 2.60. The maximum absolute atomic E-state index is 11.9. The van der Waals surface area contributed by atoms with Gasteiger partial charge < -0.3 is 20.0 Å². The molecule has 1 N–H and O–H groups in total. The number of nitro groups is 1. The van der Waals surface area contributed by atoms with Gasteiger partial charge in [-0.15, -0.1) is 0 Å². The highest BCUT2D eigenvalue weighted by Crippen LogP contribution is 2.28. The molecule has 1 heterocycles. The van der Waals surface area contributed by atoms with Crippen LogP contribution in [-0.2, 0) is 9.53 Å². The Bertz CT molecular complexity index is 805. The van der Waals surface area contributed by atoms with Gasteiger partial charge in [0.1, 0.15) is 5.75 Å². The summed E-state index contributed by atoms with van der Waals surface area (Å²) in [6.45, 7) is -0.578. The van der Waals surface area contributed by atoms with Crippen molar-refractivity contribution in [1.82, 2.24) is 0 Å². The maximum Gasteiger partial charge on any atom is 0.339 e. The van der Waals surface area contributed by atoms with Crippen molar-refractivity contribution in [2.75, 3.05) is 19.0 Å². The Balaban J connectivity index is 1.97. The zero-order valence-corrected chi connectivity index (χ0v) is 13.0. The number of benzene rings is 1. The van der Waals surface area contributed by atoms with Crippen LogP contribution in [0.1, 0.15) is 10.4 Å². The topological polar surface area (TPSA) is 135 Å². The molecule has 2 aromatic rings. The number of hydrogen-bond donors (Lipinski definition) is 1. The van der Waals surface area contributed by atoms with Crippen molar-refractivity contribution in [2.45, 2.75) is 0 Å². The number of nitro benzene ring substituents is 1. The molecule has 10 nitrogen and oxygen atoms in total. The van der Waals surface area contributed by atoms with Crippen LogP contribution in [0.4, 0.5) is 11.4 Å². The van der Waals surface area contributed by atoms with E-state index >= 15 is 0 Å². The Hall–Kier alpha value is -3.69. The lowest BCUT2D eigenvalue weighted by atomic mass is 10.2. The summed E-state index contributed by atoms with van der Waals surface area (Å²) >= 11 is 0. The molecule has 1 aromatic heterocycles. The highest BCUT2D eigenvalue weighted by Gasteiger charge is 2.15. The van der Waals surface area contributed by atoms with Gasteiger partial charge in [0.2, 0.25) is 0 Å².